The smallest absolute Gasteiger partial charge is 0.115 e. The summed E-state index contributed by atoms with van der Waals surface area (Å²) in [5, 5.41) is 0. The lowest BCUT2D eigenvalue weighted by Gasteiger charge is -2.21. The lowest BCUT2D eigenvalue weighted by molar-refractivity contribution is 0.213. The first-order valence-electron chi connectivity index (χ1n) is 10.1. The molecule has 2 nitrogen and oxygen atoms in total. The van der Waals surface area contributed by atoms with E-state index in [4.69, 9.17) is 4.74 Å². The van der Waals surface area contributed by atoms with Gasteiger partial charge in [-0.3, -0.25) is 0 Å². The zero-order valence-electron chi connectivity index (χ0n) is 16.1. The summed E-state index contributed by atoms with van der Waals surface area (Å²) in [6.07, 6.45) is 18.6. The molecule has 0 N–H and O–H groups in total. The predicted octanol–water partition coefficient (Wildman–Crippen LogP) is 5.73. The molecule has 0 aliphatic heterocycles. The van der Waals surface area contributed by atoms with Crippen LogP contribution >= 0.6 is 0 Å². The maximum atomic E-state index is 5.78. The Balaban J connectivity index is 1.55. The Morgan fingerprint density at radius 3 is 2.62 bits per heavy atom. The van der Waals surface area contributed by atoms with Crippen LogP contribution < -0.4 is 0 Å². The lowest BCUT2D eigenvalue weighted by atomic mass is 10.1. The molecule has 0 saturated heterocycles. The van der Waals surface area contributed by atoms with Crippen molar-refractivity contribution in [3.63, 3.8) is 0 Å². The molecule has 0 atom stereocenters. The highest BCUT2D eigenvalue weighted by molar-refractivity contribution is 5.21. The van der Waals surface area contributed by atoms with Gasteiger partial charge < -0.3 is 9.64 Å². The molecule has 141 valence electrons. The van der Waals surface area contributed by atoms with Crippen LogP contribution in [0.2, 0.25) is 0 Å². The molecule has 1 aliphatic carbocycles. The van der Waals surface area contributed by atoms with E-state index >= 15 is 0 Å². The minimum Gasteiger partial charge on any atom is -0.494 e. The van der Waals surface area contributed by atoms with Gasteiger partial charge >= 0.3 is 0 Å². The molecular formula is C24H34NO. The fourth-order valence-electron chi connectivity index (χ4n) is 3.12. The average molecular weight is 353 g/mol. The lowest BCUT2D eigenvalue weighted by Crippen LogP contribution is -2.28. The SMILES string of the molecule is C=CCCN(CCCCCCOC1=CC[CH]C=C1)CCc1ccccc1. The van der Waals surface area contributed by atoms with Crippen molar-refractivity contribution in [1.29, 1.82) is 0 Å². The van der Waals surface area contributed by atoms with Crippen LogP contribution in [0.4, 0.5) is 0 Å². The Hall–Kier alpha value is -1.80. The second kappa shape index (κ2) is 13.4. The van der Waals surface area contributed by atoms with Gasteiger partial charge in [0.2, 0.25) is 0 Å². The fraction of sp³-hybridized carbons (Fsp3) is 0.458. The van der Waals surface area contributed by atoms with E-state index in [1.807, 2.05) is 12.2 Å². The maximum Gasteiger partial charge on any atom is 0.115 e. The van der Waals surface area contributed by atoms with Crippen LogP contribution in [-0.4, -0.2) is 31.1 Å². The van der Waals surface area contributed by atoms with Crippen LogP contribution in [0.15, 0.2) is 67.0 Å². The van der Waals surface area contributed by atoms with Gasteiger partial charge in [0, 0.05) is 13.1 Å². The molecule has 0 heterocycles. The zero-order chi connectivity index (χ0) is 18.3. The normalized spacial score (nSPS) is 13.7. The summed E-state index contributed by atoms with van der Waals surface area (Å²) in [4.78, 5) is 2.58. The van der Waals surface area contributed by atoms with Gasteiger partial charge in [-0.05, 0) is 62.8 Å². The van der Waals surface area contributed by atoms with E-state index in [0.29, 0.717) is 0 Å². The number of unbranched alkanes of at least 4 members (excludes halogenated alkanes) is 3. The van der Waals surface area contributed by atoms with Gasteiger partial charge in [-0.15, -0.1) is 6.58 Å². The van der Waals surface area contributed by atoms with E-state index in [-0.39, 0.29) is 0 Å². The van der Waals surface area contributed by atoms with Crippen molar-refractivity contribution in [2.24, 2.45) is 0 Å². The minimum absolute atomic E-state index is 0.838. The highest BCUT2D eigenvalue weighted by Crippen LogP contribution is 2.11. The van der Waals surface area contributed by atoms with Crippen molar-refractivity contribution in [2.75, 3.05) is 26.2 Å². The monoisotopic (exact) mass is 352 g/mol. The second-order valence-corrected chi connectivity index (χ2v) is 6.85. The van der Waals surface area contributed by atoms with Gasteiger partial charge in [-0.25, -0.2) is 0 Å². The number of nitrogens with zero attached hydrogens (tertiary/aromatic N) is 1. The van der Waals surface area contributed by atoms with Gasteiger partial charge in [-0.1, -0.05) is 55.3 Å². The second-order valence-electron chi connectivity index (χ2n) is 6.85. The first kappa shape index (κ1) is 20.5. The van der Waals surface area contributed by atoms with E-state index in [1.165, 1.54) is 31.4 Å². The summed E-state index contributed by atoms with van der Waals surface area (Å²) in [6, 6.07) is 10.8. The molecule has 26 heavy (non-hydrogen) atoms. The van der Waals surface area contributed by atoms with Gasteiger partial charge in [0.15, 0.2) is 0 Å². The maximum absolute atomic E-state index is 5.78. The third-order valence-electron chi connectivity index (χ3n) is 4.70. The van der Waals surface area contributed by atoms with Crippen molar-refractivity contribution in [3.8, 4) is 0 Å². The molecule has 1 radical (unpaired) electrons. The standard InChI is InChI=1S/C24H34NO/c1-2-3-19-25(21-18-23-14-8-6-9-15-23)20-12-4-5-13-22-26-24-16-10-7-11-17-24/h2,6-10,14-17H,1,3-5,11-13,18-22H2. The number of ether oxygens (including phenoxy) is 1. The van der Waals surface area contributed by atoms with E-state index in [2.05, 4.69) is 60.4 Å². The Morgan fingerprint density at radius 1 is 1.00 bits per heavy atom. The average Bonchev–Trinajstić information content (AvgIpc) is 2.70. The number of hydrogen-bond acceptors (Lipinski definition) is 2. The molecule has 0 spiro atoms. The summed E-state index contributed by atoms with van der Waals surface area (Å²) >= 11 is 0. The van der Waals surface area contributed by atoms with E-state index < -0.39 is 0 Å². The Bertz CT molecular complexity index is 547. The number of benzene rings is 1. The van der Waals surface area contributed by atoms with E-state index in [9.17, 15) is 0 Å². The molecule has 2 heteroatoms. The van der Waals surface area contributed by atoms with Gasteiger partial charge in [0.1, 0.15) is 5.76 Å². The number of hydrogen-bond donors (Lipinski definition) is 0. The molecule has 1 aromatic rings. The van der Waals surface area contributed by atoms with Gasteiger partial charge in [-0.2, -0.15) is 0 Å². The van der Waals surface area contributed by atoms with Crippen LogP contribution in [0.1, 0.15) is 44.1 Å². The molecule has 0 fully saturated rings. The van der Waals surface area contributed by atoms with E-state index in [1.54, 1.807) is 0 Å². The molecule has 0 bridgehead atoms. The molecule has 0 unspecified atom stereocenters. The Morgan fingerprint density at radius 2 is 1.85 bits per heavy atom. The van der Waals surface area contributed by atoms with Gasteiger partial charge in [0.05, 0.1) is 6.61 Å². The van der Waals surface area contributed by atoms with Crippen molar-refractivity contribution in [3.05, 3.63) is 79.0 Å². The van der Waals surface area contributed by atoms with E-state index in [0.717, 1.165) is 51.1 Å². The summed E-state index contributed by atoms with van der Waals surface area (Å²) < 4.78 is 5.78. The highest BCUT2D eigenvalue weighted by Gasteiger charge is 2.05. The summed E-state index contributed by atoms with van der Waals surface area (Å²) in [6.45, 7) is 8.15. The molecule has 0 amide bonds. The van der Waals surface area contributed by atoms with Crippen LogP contribution in [-0.2, 0) is 11.2 Å². The van der Waals surface area contributed by atoms with Crippen LogP contribution in [0.3, 0.4) is 0 Å². The molecular weight excluding hydrogens is 318 g/mol. The third kappa shape index (κ3) is 9.05. The van der Waals surface area contributed by atoms with Crippen LogP contribution in [0.5, 0.6) is 0 Å². The number of rotatable bonds is 14. The zero-order valence-corrected chi connectivity index (χ0v) is 16.1. The fourth-order valence-corrected chi connectivity index (χ4v) is 3.12. The summed E-state index contributed by atoms with van der Waals surface area (Å²) in [5.74, 6) is 1.03. The van der Waals surface area contributed by atoms with Crippen LogP contribution in [0, 0.1) is 6.42 Å². The Labute approximate surface area is 160 Å². The quantitative estimate of drug-likeness (QED) is 0.313. The van der Waals surface area contributed by atoms with Crippen molar-refractivity contribution in [1.82, 2.24) is 4.90 Å². The van der Waals surface area contributed by atoms with Crippen molar-refractivity contribution < 1.29 is 4.74 Å². The molecule has 0 saturated carbocycles. The first-order valence-corrected chi connectivity index (χ1v) is 10.1. The number of allylic oxidation sites excluding steroid dienone is 3. The molecule has 1 aliphatic rings. The topological polar surface area (TPSA) is 12.5 Å². The molecule has 1 aromatic carbocycles. The van der Waals surface area contributed by atoms with Crippen LogP contribution in [0.25, 0.3) is 0 Å². The first-order chi connectivity index (χ1) is 12.9. The van der Waals surface area contributed by atoms with Gasteiger partial charge in [0.25, 0.3) is 0 Å². The van der Waals surface area contributed by atoms with Crippen molar-refractivity contribution >= 4 is 0 Å². The predicted molar refractivity (Wildman–Crippen MR) is 112 cm³/mol. The summed E-state index contributed by atoms with van der Waals surface area (Å²) in [7, 11) is 0. The largest absolute Gasteiger partial charge is 0.494 e. The van der Waals surface area contributed by atoms with Crippen molar-refractivity contribution in [2.45, 2.75) is 44.9 Å². The minimum atomic E-state index is 0.838. The molecule has 2 rings (SSSR count). The molecule has 0 aromatic heterocycles. The third-order valence-corrected chi connectivity index (χ3v) is 4.70. The summed E-state index contributed by atoms with van der Waals surface area (Å²) in [5.41, 5.74) is 1.43. The Kier molecular flexibility index (Phi) is 10.6. The highest BCUT2D eigenvalue weighted by atomic mass is 16.5.